The molecule has 0 unspecified atom stereocenters. The van der Waals surface area contributed by atoms with E-state index >= 15 is 0 Å². The summed E-state index contributed by atoms with van der Waals surface area (Å²) < 4.78 is 0.662. The molecule has 1 aromatic heterocycles. The summed E-state index contributed by atoms with van der Waals surface area (Å²) in [6.45, 7) is 0. The van der Waals surface area contributed by atoms with Crippen molar-refractivity contribution in [3.05, 3.63) is 28.1 Å². The van der Waals surface area contributed by atoms with Gasteiger partial charge in [0.2, 0.25) is 0 Å². The Hall–Kier alpha value is -1.06. The van der Waals surface area contributed by atoms with Crippen LogP contribution in [0.1, 0.15) is 9.67 Å². The van der Waals surface area contributed by atoms with Gasteiger partial charge in [-0.15, -0.1) is 11.3 Å². The van der Waals surface area contributed by atoms with Crippen LogP contribution in [0.25, 0.3) is 10.1 Å². The van der Waals surface area contributed by atoms with Crippen molar-refractivity contribution in [1.82, 2.24) is 0 Å². The molecule has 4 heteroatoms. The number of phenols is 1. The Morgan fingerprint density at radius 1 is 1.46 bits per heavy atom. The van der Waals surface area contributed by atoms with Gasteiger partial charge in [0.15, 0.2) is 6.29 Å². The van der Waals surface area contributed by atoms with Gasteiger partial charge in [-0.25, -0.2) is 0 Å². The molecular formula is C9H5ClO2S. The molecule has 0 spiro atoms. The van der Waals surface area contributed by atoms with Crippen molar-refractivity contribution in [3.8, 4) is 5.75 Å². The van der Waals surface area contributed by atoms with Crippen LogP contribution in [-0.2, 0) is 0 Å². The number of hydrogen-bond donors (Lipinski definition) is 1. The zero-order chi connectivity index (χ0) is 9.42. The number of benzene rings is 1. The van der Waals surface area contributed by atoms with E-state index in [0.29, 0.717) is 14.6 Å². The molecule has 0 atom stereocenters. The van der Waals surface area contributed by atoms with E-state index in [1.54, 1.807) is 12.1 Å². The van der Waals surface area contributed by atoms with Crippen LogP contribution in [0.4, 0.5) is 0 Å². The number of carbonyl (C=O) groups is 1. The molecule has 2 nitrogen and oxygen atoms in total. The largest absolute Gasteiger partial charge is 0.506 e. The van der Waals surface area contributed by atoms with Crippen molar-refractivity contribution in [2.24, 2.45) is 0 Å². The fourth-order valence-electron chi connectivity index (χ4n) is 1.15. The lowest BCUT2D eigenvalue weighted by Crippen LogP contribution is -1.67. The molecule has 0 fully saturated rings. The van der Waals surface area contributed by atoms with Crippen LogP contribution >= 0.6 is 22.9 Å². The van der Waals surface area contributed by atoms with Gasteiger partial charge in [-0.2, -0.15) is 0 Å². The Bertz CT molecular complexity index is 437. The van der Waals surface area contributed by atoms with Gasteiger partial charge < -0.3 is 5.11 Å². The number of phenolic OH excluding ortho intramolecular Hbond substituents is 1. The van der Waals surface area contributed by atoms with Crippen LogP contribution in [-0.4, -0.2) is 11.4 Å². The molecule has 2 aromatic rings. The summed E-state index contributed by atoms with van der Waals surface area (Å²) in [5, 5.41) is 10.7. The molecule has 0 radical (unpaired) electrons. The van der Waals surface area contributed by atoms with E-state index < -0.39 is 0 Å². The lowest BCUT2D eigenvalue weighted by Gasteiger charge is -1.94. The summed E-state index contributed by atoms with van der Waals surface area (Å²) in [7, 11) is 0. The van der Waals surface area contributed by atoms with Crippen molar-refractivity contribution in [3.63, 3.8) is 0 Å². The van der Waals surface area contributed by atoms with Gasteiger partial charge in [0.05, 0.1) is 9.58 Å². The number of halogens is 1. The maximum absolute atomic E-state index is 10.5. The number of thiophene rings is 1. The van der Waals surface area contributed by atoms with Gasteiger partial charge in [0.1, 0.15) is 5.75 Å². The van der Waals surface area contributed by atoms with Crippen LogP contribution in [0.2, 0.25) is 5.02 Å². The molecule has 0 saturated heterocycles. The Kier molecular flexibility index (Phi) is 1.98. The number of aromatic hydroxyl groups is 1. The van der Waals surface area contributed by atoms with Crippen molar-refractivity contribution in [2.75, 3.05) is 0 Å². The van der Waals surface area contributed by atoms with Crippen LogP contribution < -0.4 is 0 Å². The maximum Gasteiger partial charge on any atom is 0.160 e. The van der Waals surface area contributed by atoms with Crippen molar-refractivity contribution in [1.29, 1.82) is 0 Å². The Morgan fingerprint density at radius 3 is 2.85 bits per heavy atom. The molecule has 2 rings (SSSR count). The van der Waals surface area contributed by atoms with E-state index in [9.17, 15) is 9.90 Å². The molecule has 1 N–H and O–H groups in total. The second-order valence-electron chi connectivity index (χ2n) is 2.58. The number of aldehydes is 1. The number of rotatable bonds is 1. The predicted octanol–water partition coefficient (Wildman–Crippen LogP) is 3.07. The first-order valence-corrected chi connectivity index (χ1v) is 4.78. The van der Waals surface area contributed by atoms with Gasteiger partial charge in [-0.1, -0.05) is 11.6 Å². The minimum atomic E-state index is 0.164. The molecule has 0 aliphatic rings. The third kappa shape index (κ3) is 1.30. The fraction of sp³-hybridized carbons (Fsp3) is 0. The normalized spacial score (nSPS) is 10.5. The van der Waals surface area contributed by atoms with E-state index in [2.05, 4.69) is 0 Å². The highest BCUT2D eigenvalue weighted by molar-refractivity contribution is 7.21. The number of fused-ring (bicyclic) bond motifs is 1. The Morgan fingerprint density at radius 2 is 2.23 bits per heavy atom. The SMILES string of the molecule is O=Cc1cc2c(Cl)ccc(O)c2s1. The molecule has 0 aliphatic carbocycles. The summed E-state index contributed by atoms with van der Waals surface area (Å²) in [5.41, 5.74) is 0. The maximum atomic E-state index is 10.5. The first kappa shape index (κ1) is 8.53. The topological polar surface area (TPSA) is 37.3 Å². The molecule has 0 amide bonds. The first-order chi connectivity index (χ1) is 6.22. The summed E-state index contributed by atoms with van der Waals surface area (Å²) in [6, 6.07) is 4.81. The van der Waals surface area contributed by atoms with Gasteiger partial charge >= 0.3 is 0 Å². The first-order valence-electron chi connectivity index (χ1n) is 3.58. The molecule has 0 bridgehead atoms. The van der Waals surface area contributed by atoms with Crippen LogP contribution in [0.15, 0.2) is 18.2 Å². The lowest BCUT2D eigenvalue weighted by molar-refractivity contribution is 0.112. The standard InChI is InChI=1S/C9H5ClO2S/c10-7-1-2-8(12)9-6(7)3-5(4-11)13-9/h1-4,12H. The molecule has 0 saturated carbocycles. The van der Waals surface area contributed by atoms with Crippen LogP contribution in [0.5, 0.6) is 5.75 Å². The minimum absolute atomic E-state index is 0.164. The van der Waals surface area contributed by atoms with Crippen LogP contribution in [0.3, 0.4) is 0 Å². The third-order valence-corrected chi connectivity index (χ3v) is 3.16. The summed E-state index contributed by atoms with van der Waals surface area (Å²) in [6.07, 6.45) is 0.750. The molecule has 1 aromatic carbocycles. The van der Waals surface area contributed by atoms with E-state index in [-0.39, 0.29) is 5.75 Å². The zero-order valence-corrected chi connectivity index (χ0v) is 8.02. The molecule has 0 aliphatic heterocycles. The highest BCUT2D eigenvalue weighted by Crippen LogP contribution is 2.36. The van der Waals surface area contributed by atoms with E-state index in [1.165, 1.54) is 17.4 Å². The van der Waals surface area contributed by atoms with E-state index in [4.69, 9.17) is 11.6 Å². The zero-order valence-electron chi connectivity index (χ0n) is 6.45. The highest BCUT2D eigenvalue weighted by atomic mass is 35.5. The van der Waals surface area contributed by atoms with E-state index in [0.717, 1.165) is 11.7 Å². The van der Waals surface area contributed by atoms with Crippen molar-refractivity contribution < 1.29 is 9.90 Å². The summed E-state index contributed by atoms with van der Waals surface area (Å²) in [5.74, 6) is 0.164. The monoisotopic (exact) mass is 212 g/mol. The number of hydrogen-bond acceptors (Lipinski definition) is 3. The average molecular weight is 213 g/mol. The summed E-state index contributed by atoms with van der Waals surface area (Å²) in [4.78, 5) is 11.1. The van der Waals surface area contributed by atoms with Gasteiger partial charge in [0, 0.05) is 10.4 Å². The predicted molar refractivity (Wildman–Crippen MR) is 53.9 cm³/mol. The Labute approximate surface area is 83.4 Å². The number of carbonyl (C=O) groups excluding carboxylic acids is 1. The second kappa shape index (κ2) is 3.01. The van der Waals surface area contributed by atoms with Crippen LogP contribution in [0, 0.1) is 0 Å². The third-order valence-electron chi connectivity index (χ3n) is 1.74. The van der Waals surface area contributed by atoms with Gasteiger partial charge in [0.25, 0.3) is 0 Å². The Balaban J connectivity index is 2.87. The van der Waals surface area contributed by atoms with Crippen molar-refractivity contribution in [2.45, 2.75) is 0 Å². The molecular weight excluding hydrogens is 208 g/mol. The summed E-state index contributed by atoms with van der Waals surface area (Å²) >= 11 is 7.11. The fourth-order valence-corrected chi connectivity index (χ4v) is 2.33. The van der Waals surface area contributed by atoms with Crippen molar-refractivity contribution >= 4 is 39.3 Å². The minimum Gasteiger partial charge on any atom is -0.506 e. The molecule has 1 heterocycles. The lowest BCUT2D eigenvalue weighted by atomic mass is 10.2. The van der Waals surface area contributed by atoms with E-state index in [1.807, 2.05) is 0 Å². The average Bonchev–Trinajstić information content (AvgIpc) is 2.56. The quantitative estimate of drug-likeness (QED) is 0.738. The molecule has 13 heavy (non-hydrogen) atoms. The smallest absolute Gasteiger partial charge is 0.160 e. The van der Waals surface area contributed by atoms with Gasteiger partial charge in [-0.3, -0.25) is 4.79 Å². The molecule has 66 valence electrons. The van der Waals surface area contributed by atoms with Gasteiger partial charge in [-0.05, 0) is 18.2 Å². The second-order valence-corrected chi connectivity index (χ2v) is 4.07. The highest BCUT2D eigenvalue weighted by Gasteiger charge is 2.08.